The molecule has 0 amide bonds. The van der Waals surface area contributed by atoms with Crippen LogP contribution in [0, 0.1) is 6.92 Å². The summed E-state index contributed by atoms with van der Waals surface area (Å²) in [4.78, 5) is 0.212. The molecular weight excluding hydrogens is 236 g/mol. The van der Waals surface area contributed by atoms with Crippen LogP contribution >= 0.6 is 0 Å². The van der Waals surface area contributed by atoms with Gasteiger partial charge in [0.25, 0.3) is 0 Å². The predicted molar refractivity (Wildman–Crippen MR) is 70.2 cm³/mol. The lowest BCUT2D eigenvalue weighted by Gasteiger charge is -2.17. The minimum absolute atomic E-state index is 0.212. The molecule has 0 aliphatic carbocycles. The molecule has 0 aromatic heterocycles. The first-order valence-corrected chi connectivity index (χ1v) is 6.66. The van der Waals surface area contributed by atoms with Gasteiger partial charge < -0.3 is 5.73 Å². The first-order chi connectivity index (χ1) is 7.75. The fraction of sp³-hybridized carbons (Fsp3) is 0.333. The Morgan fingerprint density at radius 3 is 2.53 bits per heavy atom. The van der Waals surface area contributed by atoms with Gasteiger partial charge in [-0.05, 0) is 31.5 Å². The lowest BCUT2D eigenvalue weighted by Crippen LogP contribution is -2.28. The van der Waals surface area contributed by atoms with E-state index in [2.05, 4.69) is 6.58 Å². The number of anilines is 1. The van der Waals surface area contributed by atoms with Crippen LogP contribution in [0.15, 0.2) is 35.2 Å². The average molecular weight is 254 g/mol. The number of hydrogen-bond donors (Lipinski definition) is 1. The van der Waals surface area contributed by atoms with Gasteiger partial charge in [-0.1, -0.05) is 18.2 Å². The Hall–Kier alpha value is -1.33. The maximum Gasteiger partial charge on any atom is 0.243 e. The van der Waals surface area contributed by atoms with Crippen LogP contribution in [0.25, 0.3) is 0 Å². The Morgan fingerprint density at radius 2 is 2.06 bits per heavy atom. The number of nitrogens with two attached hydrogens (primary N) is 1. The highest BCUT2D eigenvalue weighted by atomic mass is 32.2. The van der Waals surface area contributed by atoms with Crippen molar-refractivity contribution in [2.24, 2.45) is 0 Å². The molecule has 4 nitrogen and oxygen atoms in total. The van der Waals surface area contributed by atoms with E-state index in [1.807, 2.05) is 6.92 Å². The summed E-state index contributed by atoms with van der Waals surface area (Å²) in [7, 11) is -1.95. The van der Waals surface area contributed by atoms with Gasteiger partial charge in [-0.25, -0.2) is 8.42 Å². The van der Waals surface area contributed by atoms with Gasteiger partial charge in [0.15, 0.2) is 0 Å². The molecule has 0 spiro atoms. The second-order valence-electron chi connectivity index (χ2n) is 4.24. The lowest BCUT2D eigenvalue weighted by molar-refractivity contribution is 0.493. The molecule has 17 heavy (non-hydrogen) atoms. The van der Waals surface area contributed by atoms with Crippen LogP contribution in [0.4, 0.5) is 5.69 Å². The number of nitrogen functional groups attached to an aromatic ring is 1. The summed E-state index contributed by atoms with van der Waals surface area (Å²) in [6, 6.07) is 4.76. The van der Waals surface area contributed by atoms with Crippen molar-refractivity contribution in [1.29, 1.82) is 0 Å². The van der Waals surface area contributed by atoms with Gasteiger partial charge >= 0.3 is 0 Å². The second-order valence-corrected chi connectivity index (χ2v) is 6.28. The van der Waals surface area contributed by atoms with Crippen LogP contribution in [-0.2, 0) is 10.0 Å². The van der Waals surface area contributed by atoms with E-state index in [4.69, 9.17) is 5.73 Å². The number of aryl methyl sites for hydroxylation is 1. The molecule has 0 unspecified atom stereocenters. The molecular formula is C12H18N2O2S. The predicted octanol–water partition coefficient (Wildman–Crippen LogP) is 1.77. The smallest absolute Gasteiger partial charge is 0.243 e. The summed E-state index contributed by atoms with van der Waals surface area (Å²) in [6.07, 6.45) is 0. The van der Waals surface area contributed by atoms with Crippen LogP contribution in [0.2, 0.25) is 0 Å². The number of benzene rings is 1. The maximum absolute atomic E-state index is 12.2. The third kappa shape index (κ3) is 3.08. The quantitative estimate of drug-likeness (QED) is 0.658. The molecule has 0 heterocycles. The first kappa shape index (κ1) is 13.7. The van der Waals surface area contributed by atoms with E-state index in [1.165, 1.54) is 17.4 Å². The maximum atomic E-state index is 12.2. The van der Waals surface area contributed by atoms with E-state index >= 15 is 0 Å². The molecule has 1 aromatic carbocycles. The summed E-state index contributed by atoms with van der Waals surface area (Å²) in [5.74, 6) is 0. The monoisotopic (exact) mass is 254 g/mol. The first-order valence-electron chi connectivity index (χ1n) is 5.22. The molecule has 1 rings (SSSR count). The number of likely N-dealkylation sites (N-methyl/N-ethyl adjacent to an activating group) is 1. The second kappa shape index (κ2) is 4.89. The van der Waals surface area contributed by atoms with Crippen molar-refractivity contribution in [3.8, 4) is 0 Å². The fourth-order valence-electron chi connectivity index (χ4n) is 1.42. The number of sulfonamides is 1. The van der Waals surface area contributed by atoms with Crippen molar-refractivity contribution in [2.75, 3.05) is 19.3 Å². The van der Waals surface area contributed by atoms with Gasteiger partial charge in [0.05, 0.1) is 4.90 Å². The van der Waals surface area contributed by atoms with Crippen LogP contribution in [0.3, 0.4) is 0 Å². The summed E-state index contributed by atoms with van der Waals surface area (Å²) < 4.78 is 25.6. The van der Waals surface area contributed by atoms with Crippen molar-refractivity contribution in [3.63, 3.8) is 0 Å². The zero-order chi connectivity index (χ0) is 13.2. The van der Waals surface area contributed by atoms with E-state index in [9.17, 15) is 8.42 Å². The average Bonchev–Trinajstić information content (AvgIpc) is 2.20. The SMILES string of the molecule is C=C(C)CN(C)S(=O)(=O)c1ccc(C)c(N)c1. The zero-order valence-corrected chi connectivity index (χ0v) is 11.2. The molecule has 0 atom stereocenters. The third-order valence-electron chi connectivity index (χ3n) is 2.45. The van der Waals surface area contributed by atoms with Gasteiger partial charge in [-0.2, -0.15) is 4.31 Å². The number of hydrogen-bond acceptors (Lipinski definition) is 3. The number of nitrogens with zero attached hydrogens (tertiary/aromatic N) is 1. The highest BCUT2D eigenvalue weighted by molar-refractivity contribution is 7.89. The van der Waals surface area contributed by atoms with Crippen molar-refractivity contribution >= 4 is 15.7 Å². The highest BCUT2D eigenvalue weighted by Gasteiger charge is 2.20. The number of rotatable bonds is 4. The third-order valence-corrected chi connectivity index (χ3v) is 4.25. The van der Waals surface area contributed by atoms with Crippen LogP contribution in [0.1, 0.15) is 12.5 Å². The zero-order valence-electron chi connectivity index (χ0n) is 10.4. The van der Waals surface area contributed by atoms with E-state index in [0.717, 1.165) is 11.1 Å². The van der Waals surface area contributed by atoms with Gasteiger partial charge in [-0.3, -0.25) is 0 Å². The van der Waals surface area contributed by atoms with E-state index in [0.29, 0.717) is 12.2 Å². The Bertz CT molecular complexity index is 535. The molecule has 0 fully saturated rings. The molecule has 0 aliphatic rings. The van der Waals surface area contributed by atoms with Crippen molar-refractivity contribution in [2.45, 2.75) is 18.7 Å². The molecule has 0 saturated carbocycles. The summed E-state index contributed by atoms with van der Waals surface area (Å²) >= 11 is 0. The minimum Gasteiger partial charge on any atom is -0.398 e. The van der Waals surface area contributed by atoms with Gasteiger partial charge in [0, 0.05) is 19.3 Å². The standard InChI is InChI=1S/C12H18N2O2S/c1-9(2)8-14(4)17(15,16)11-6-5-10(3)12(13)7-11/h5-7H,1,8,13H2,2-4H3. The molecule has 0 aliphatic heterocycles. The highest BCUT2D eigenvalue weighted by Crippen LogP contribution is 2.20. The lowest BCUT2D eigenvalue weighted by atomic mass is 10.2. The van der Waals surface area contributed by atoms with Crippen molar-refractivity contribution < 1.29 is 8.42 Å². The van der Waals surface area contributed by atoms with Crippen LogP contribution in [-0.4, -0.2) is 26.3 Å². The Labute approximate surface area is 103 Å². The summed E-state index contributed by atoms with van der Waals surface area (Å²) in [6.45, 7) is 7.63. The van der Waals surface area contributed by atoms with Crippen LogP contribution < -0.4 is 5.73 Å². The van der Waals surface area contributed by atoms with Crippen molar-refractivity contribution in [1.82, 2.24) is 4.31 Å². The van der Waals surface area contributed by atoms with Gasteiger partial charge in [-0.15, -0.1) is 0 Å². The normalized spacial score (nSPS) is 11.8. The van der Waals surface area contributed by atoms with Crippen LogP contribution in [0.5, 0.6) is 0 Å². The molecule has 94 valence electrons. The molecule has 2 N–H and O–H groups in total. The van der Waals surface area contributed by atoms with Crippen molar-refractivity contribution in [3.05, 3.63) is 35.9 Å². The molecule has 0 radical (unpaired) electrons. The van der Waals surface area contributed by atoms with E-state index in [-0.39, 0.29) is 4.90 Å². The Balaban J connectivity index is 3.13. The molecule has 5 heteroatoms. The summed E-state index contributed by atoms with van der Waals surface area (Å²) in [5, 5.41) is 0. The molecule has 1 aromatic rings. The topological polar surface area (TPSA) is 63.4 Å². The summed E-state index contributed by atoms with van der Waals surface area (Å²) in [5.41, 5.74) is 7.85. The largest absolute Gasteiger partial charge is 0.398 e. The Morgan fingerprint density at radius 1 is 1.47 bits per heavy atom. The fourth-order valence-corrected chi connectivity index (χ4v) is 2.69. The van der Waals surface area contributed by atoms with Gasteiger partial charge in [0.1, 0.15) is 0 Å². The minimum atomic E-state index is -3.48. The van der Waals surface area contributed by atoms with Gasteiger partial charge in [0.2, 0.25) is 10.0 Å². The van der Waals surface area contributed by atoms with E-state index < -0.39 is 10.0 Å². The molecule has 0 bridgehead atoms. The molecule has 0 saturated heterocycles. The Kier molecular flexibility index (Phi) is 3.95. The van der Waals surface area contributed by atoms with E-state index in [1.54, 1.807) is 19.1 Å².